The Kier molecular flexibility index (Phi) is 7.84. The number of hydrogen-bond acceptors (Lipinski definition) is 8. The molecule has 218 valence electrons. The molecule has 4 fully saturated rings. The summed E-state index contributed by atoms with van der Waals surface area (Å²) in [4.78, 5) is 48.3. The molecule has 6 rings (SSSR count). The van der Waals surface area contributed by atoms with Crippen molar-refractivity contribution in [3.8, 4) is 0 Å². The minimum absolute atomic E-state index is 0.224. The van der Waals surface area contributed by atoms with Gasteiger partial charge < -0.3 is 20.9 Å². The molecular formula is C31H41N7O3. The number of nitrogens with zero attached hydrogens (tertiary/aromatic N) is 4. The summed E-state index contributed by atoms with van der Waals surface area (Å²) in [6.45, 7) is 6.26. The zero-order valence-electron chi connectivity index (χ0n) is 23.7. The second-order valence-corrected chi connectivity index (χ2v) is 12.2. The number of carbonyl (C=O) groups is 3. The molecule has 1 aromatic heterocycles. The second kappa shape index (κ2) is 11.7. The molecule has 1 atom stereocenters. The minimum atomic E-state index is -0.705. The molecule has 1 aromatic carbocycles. The summed E-state index contributed by atoms with van der Waals surface area (Å²) in [5.74, 6) is -0.335. The predicted octanol–water partition coefficient (Wildman–Crippen LogP) is 2.55. The number of carbonyl (C=O) groups excluding carboxylic acids is 3. The van der Waals surface area contributed by atoms with E-state index in [4.69, 9.17) is 5.73 Å². The van der Waals surface area contributed by atoms with E-state index in [9.17, 15) is 14.4 Å². The average Bonchev–Trinajstić information content (AvgIpc) is 3.00. The lowest BCUT2D eigenvalue weighted by molar-refractivity contribution is -0.134. The van der Waals surface area contributed by atoms with Gasteiger partial charge in [0.25, 0.3) is 5.91 Å². The molecule has 1 aliphatic carbocycles. The second-order valence-electron chi connectivity index (χ2n) is 12.2. The number of nitrogens with one attached hydrogen (secondary N) is 2. The average molecular weight is 560 g/mol. The zero-order chi connectivity index (χ0) is 28.4. The van der Waals surface area contributed by atoms with Gasteiger partial charge in [-0.25, -0.2) is 4.98 Å². The van der Waals surface area contributed by atoms with E-state index in [1.54, 1.807) is 6.07 Å². The summed E-state index contributed by atoms with van der Waals surface area (Å²) in [7, 11) is 0. The number of benzene rings is 1. The van der Waals surface area contributed by atoms with Crippen LogP contribution < -0.4 is 26.2 Å². The van der Waals surface area contributed by atoms with Crippen LogP contribution in [-0.4, -0.2) is 79.0 Å². The first-order valence-electron chi connectivity index (χ1n) is 15.1. The van der Waals surface area contributed by atoms with Crippen molar-refractivity contribution < 1.29 is 14.4 Å². The highest BCUT2D eigenvalue weighted by molar-refractivity contribution is 6.03. The largest absolute Gasteiger partial charge is 0.399 e. The fraction of sp³-hybridized carbons (Fsp3) is 0.548. The van der Waals surface area contributed by atoms with Gasteiger partial charge in [0.15, 0.2) is 0 Å². The molecule has 1 unspecified atom stereocenters. The molecule has 1 saturated carbocycles. The molecule has 3 aliphatic heterocycles. The Hall–Kier alpha value is -3.66. The maximum Gasteiger partial charge on any atom is 0.270 e. The third-order valence-electron chi connectivity index (χ3n) is 9.76. The molecular weight excluding hydrogens is 518 g/mol. The molecule has 1 spiro atoms. The number of nitrogens with two attached hydrogens (primary N) is 1. The van der Waals surface area contributed by atoms with Crippen LogP contribution in [0, 0.1) is 5.41 Å². The van der Waals surface area contributed by atoms with Crippen molar-refractivity contribution in [3.63, 3.8) is 0 Å². The molecule has 4 N–H and O–H groups in total. The molecule has 3 amide bonds. The fourth-order valence-electron chi connectivity index (χ4n) is 7.11. The van der Waals surface area contributed by atoms with Crippen LogP contribution in [-0.2, 0) is 9.59 Å². The highest BCUT2D eigenvalue weighted by Gasteiger charge is 2.40. The SMILES string of the molecule is Nc1ccc(N2CCN(C3CCC4(CC3)CCN(c3cccc(C(=O)NC5CCC(=O)NC5=O)n3)CC4)CC2)cc1. The Morgan fingerprint density at radius 3 is 2.27 bits per heavy atom. The number of pyridine rings is 1. The molecule has 10 nitrogen and oxygen atoms in total. The summed E-state index contributed by atoms with van der Waals surface area (Å²) in [5, 5.41) is 5.01. The first-order chi connectivity index (χ1) is 19.9. The van der Waals surface area contributed by atoms with Crippen LogP contribution in [0.1, 0.15) is 61.9 Å². The lowest BCUT2D eigenvalue weighted by Crippen LogP contribution is -2.52. The van der Waals surface area contributed by atoms with Gasteiger partial charge in [-0.15, -0.1) is 0 Å². The Bertz CT molecular complexity index is 1260. The van der Waals surface area contributed by atoms with Crippen LogP contribution in [0.2, 0.25) is 0 Å². The highest BCUT2D eigenvalue weighted by atomic mass is 16.2. The third kappa shape index (κ3) is 6.17. The smallest absolute Gasteiger partial charge is 0.270 e. The van der Waals surface area contributed by atoms with E-state index >= 15 is 0 Å². The number of hydrogen-bond donors (Lipinski definition) is 3. The number of piperazine rings is 1. The normalized spacial score (nSPS) is 23.9. The number of aromatic nitrogens is 1. The summed E-state index contributed by atoms with van der Waals surface area (Å²) in [5.41, 5.74) is 8.65. The number of rotatable bonds is 5. The summed E-state index contributed by atoms with van der Waals surface area (Å²) >= 11 is 0. The van der Waals surface area contributed by atoms with Crippen molar-refractivity contribution in [2.45, 2.75) is 63.5 Å². The first kappa shape index (κ1) is 27.5. The third-order valence-corrected chi connectivity index (χ3v) is 9.76. The van der Waals surface area contributed by atoms with E-state index in [-0.39, 0.29) is 18.2 Å². The van der Waals surface area contributed by atoms with E-state index in [0.717, 1.165) is 63.6 Å². The van der Waals surface area contributed by atoms with Gasteiger partial charge in [0.1, 0.15) is 17.6 Å². The number of anilines is 3. The van der Waals surface area contributed by atoms with Gasteiger partial charge in [-0.05, 0) is 86.8 Å². The van der Waals surface area contributed by atoms with Crippen LogP contribution in [0.3, 0.4) is 0 Å². The quantitative estimate of drug-likeness (QED) is 0.377. The van der Waals surface area contributed by atoms with E-state index in [1.807, 2.05) is 24.3 Å². The van der Waals surface area contributed by atoms with Crippen molar-refractivity contribution in [1.29, 1.82) is 0 Å². The zero-order valence-corrected chi connectivity index (χ0v) is 23.7. The van der Waals surface area contributed by atoms with Crippen molar-refractivity contribution in [3.05, 3.63) is 48.2 Å². The summed E-state index contributed by atoms with van der Waals surface area (Å²) in [6, 6.07) is 13.7. The molecule has 41 heavy (non-hydrogen) atoms. The van der Waals surface area contributed by atoms with Gasteiger partial charge >= 0.3 is 0 Å². The fourth-order valence-corrected chi connectivity index (χ4v) is 7.11. The lowest BCUT2D eigenvalue weighted by atomic mass is 9.66. The van der Waals surface area contributed by atoms with E-state index in [1.165, 1.54) is 31.4 Å². The van der Waals surface area contributed by atoms with E-state index < -0.39 is 11.9 Å². The van der Waals surface area contributed by atoms with Crippen molar-refractivity contribution in [1.82, 2.24) is 20.5 Å². The lowest BCUT2D eigenvalue weighted by Gasteiger charge is -2.49. The highest BCUT2D eigenvalue weighted by Crippen LogP contribution is 2.46. The van der Waals surface area contributed by atoms with Crippen molar-refractivity contribution in [2.75, 3.05) is 54.8 Å². The number of nitrogen functional groups attached to an aromatic ring is 1. The predicted molar refractivity (Wildman–Crippen MR) is 159 cm³/mol. The maximum absolute atomic E-state index is 12.8. The van der Waals surface area contributed by atoms with E-state index in [2.05, 4.69) is 42.5 Å². The van der Waals surface area contributed by atoms with Crippen molar-refractivity contribution in [2.24, 2.45) is 5.41 Å². The minimum Gasteiger partial charge on any atom is -0.399 e. The number of piperidine rings is 2. The number of imide groups is 1. The number of amides is 3. The van der Waals surface area contributed by atoms with Gasteiger partial charge in [0, 0.05) is 63.1 Å². The Labute approximate surface area is 241 Å². The molecule has 0 bridgehead atoms. The standard InChI is InChI=1S/C31H41N7O3/c32-22-4-6-23(7-5-22)36-18-20-37(21-19-36)24-10-12-31(13-11-24)14-16-38(17-15-31)27-3-1-2-25(33-27)29(40)34-26-8-9-28(39)35-30(26)41/h1-7,24,26H,8-21,32H2,(H,34,40)(H,35,39,41). The van der Waals surface area contributed by atoms with Crippen LogP contribution in [0.5, 0.6) is 0 Å². The molecule has 4 heterocycles. The van der Waals surface area contributed by atoms with Crippen LogP contribution >= 0.6 is 0 Å². The Morgan fingerprint density at radius 2 is 1.59 bits per heavy atom. The molecule has 0 radical (unpaired) electrons. The van der Waals surface area contributed by atoms with Gasteiger partial charge in [-0.3, -0.25) is 24.6 Å². The van der Waals surface area contributed by atoms with Gasteiger partial charge in [0.05, 0.1) is 0 Å². The van der Waals surface area contributed by atoms with Gasteiger partial charge in [-0.2, -0.15) is 0 Å². The Balaban J connectivity index is 0.973. The molecule has 10 heteroatoms. The van der Waals surface area contributed by atoms with Crippen LogP contribution in [0.15, 0.2) is 42.5 Å². The molecule has 3 saturated heterocycles. The topological polar surface area (TPSA) is 124 Å². The molecule has 2 aromatic rings. The van der Waals surface area contributed by atoms with Crippen LogP contribution in [0.25, 0.3) is 0 Å². The van der Waals surface area contributed by atoms with Crippen LogP contribution in [0.4, 0.5) is 17.2 Å². The van der Waals surface area contributed by atoms with Gasteiger partial charge in [0.2, 0.25) is 11.8 Å². The van der Waals surface area contributed by atoms with Gasteiger partial charge in [-0.1, -0.05) is 6.07 Å². The van der Waals surface area contributed by atoms with Crippen molar-refractivity contribution >= 4 is 34.9 Å². The monoisotopic (exact) mass is 559 g/mol. The van der Waals surface area contributed by atoms with E-state index in [0.29, 0.717) is 23.6 Å². The first-order valence-corrected chi connectivity index (χ1v) is 15.1. The summed E-state index contributed by atoms with van der Waals surface area (Å²) < 4.78 is 0. The Morgan fingerprint density at radius 1 is 0.878 bits per heavy atom. The molecule has 4 aliphatic rings. The maximum atomic E-state index is 12.8. The summed E-state index contributed by atoms with van der Waals surface area (Å²) in [6.07, 6.45) is 7.95.